The SMILES string of the molecule is Cc1ccc([N+](=O)[O-])cc1C(=O)NC1CC(C(=O)O)C1. The lowest BCUT2D eigenvalue weighted by molar-refractivity contribution is -0.384. The molecule has 0 saturated heterocycles. The first-order valence-electron chi connectivity index (χ1n) is 6.17. The molecular weight excluding hydrogens is 264 g/mol. The van der Waals surface area contributed by atoms with Crippen LogP contribution in [-0.4, -0.2) is 27.9 Å². The van der Waals surface area contributed by atoms with Crippen LogP contribution < -0.4 is 5.32 Å². The van der Waals surface area contributed by atoms with Gasteiger partial charge in [0.25, 0.3) is 11.6 Å². The van der Waals surface area contributed by atoms with Gasteiger partial charge in [-0.25, -0.2) is 0 Å². The molecule has 7 heteroatoms. The maximum Gasteiger partial charge on any atom is 0.306 e. The third kappa shape index (κ3) is 2.76. The van der Waals surface area contributed by atoms with Gasteiger partial charge in [-0.1, -0.05) is 6.07 Å². The minimum absolute atomic E-state index is 0.141. The van der Waals surface area contributed by atoms with Crippen LogP contribution in [0.25, 0.3) is 0 Å². The zero-order valence-corrected chi connectivity index (χ0v) is 10.8. The first-order valence-corrected chi connectivity index (χ1v) is 6.17. The fourth-order valence-corrected chi connectivity index (χ4v) is 2.17. The maximum absolute atomic E-state index is 12.0. The molecule has 1 aliphatic rings. The van der Waals surface area contributed by atoms with E-state index in [9.17, 15) is 19.7 Å². The number of aryl methyl sites for hydroxylation is 1. The number of carboxylic acids is 1. The molecule has 1 saturated carbocycles. The topological polar surface area (TPSA) is 110 Å². The van der Waals surface area contributed by atoms with Gasteiger partial charge >= 0.3 is 5.97 Å². The predicted octanol–water partition coefficient (Wildman–Crippen LogP) is 1.50. The van der Waals surface area contributed by atoms with Crippen LogP contribution >= 0.6 is 0 Å². The predicted molar refractivity (Wildman–Crippen MR) is 69.4 cm³/mol. The van der Waals surface area contributed by atoms with Crippen LogP contribution in [0.5, 0.6) is 0 Å². The average molecular weight is 278 g/mol. The minimum Gasteiger partial charge on any atom is -0.481 e. The zero-order valence-electron chi connectivity index (χ0n) is 10.8. The first-order chi connectivity index (χ1) is 9.38. The molecule has 0 heterocycles. The van der Waals surface area contributed by atoms with Crippen LogP contribution in [0.4, 0.5) is 5.69 Å². The number of aliphatic carboxylic acids is 1. The van der Waals surface area contributed by atoms with Crippen LogP contribution in [0.2, 0.25) is 0 Å². The van der Waals surface area contributed by atoms with E-state index >= 15 is 0 Å². The Morgan fingerprint density at radius 1 is 1.40 bits per heavy atom. The van der Waals surface area contributed by atoms with Crippen molar-refractivity contribution in [2.45, 2.75) is 25.8 Å². The van der Waals surface area contributed by atoms with E-state index in [0.717, 1.165) is 0 Å². The van der Waals surface area contributed by atoms with Gasteiger partial charge in [-0.15, -0.1) is 0 Å². The van der Waals surface area contributed by atoms with Gasteiger partial charge in [-0.2, -0.15) is 0 Å². The van der Waals surface area contributed by atoms with Crippen LogP contribution in [0.3, 0.4) is 0 Å². The molecule has 0 aliphatic heterocycles. The van der Waals surface area contributed by atoms with Crippen LogP contribution in [0, 0.1) is 23.0 Å². The van der Waals surface area contributed by atoms with Crippen molar-refractivity contribution in [1.29, 1.82) is 0 Å². The van der Waals surface area contributed by atoms with E-state index in [2.05, 4.69) is 5.32 Å². The number of carboxylic acid groups (broad SMARTS) is 1. The number of carbonyl (C=O) groups excluding carboxylic acids is 1. The third-order valence-electron chi connectivity index (χ3n) is 3.50. The van der Waals surface area contributed by atoms with Gasteiger partial charge < -0.3 is 10.4 Å². The Balaban J connectivity index is 2.05. The molecule has 2 rings (SSSR count). The number of hydrogen-bond acceptors (Lipinski definition) is 4. The quantitative estimate of drug-likeness (QED) is 0.640. The van der Waals surface area contributed by atoms with Crippen molar-refractivity contribution in [3.63, 3.8) is 0 Å². The fraction of sp³-hybridized carbons (Fsp3) is 0.385. The molecule has 0 aromatic heterocycles. The molecule has 106 valence electrons. The van der Waals surface area contributed by atoms with Crippen molar-refractivity contribution in [3.8, 4) is 0 Å². The Morgan fingerprint density at radius 3 is 2.60 bits per heavy atom. The second-order valence-electron chi connectivity index (χ2n) is 4.93. The van der Waals surface area contributed by atoms with E-state index in [1.807, 2.05) is 0 Å². The lowest BCUT2D eigenvalue weighted by Crippen LogP contribution is -2.46. The summed E-state index contributed by atoms with van der Waals surface area (Å²) in [5, 5.41) is 22.2. The first kappa shape index (κ1) is 14.0. The Bertz CT molecular complexity index is 578. The van der Waals surface area contributed by atoms with Crippen molar-refractivity contribution < 1.29 is 19.6 Å². The number of benzene rings is 1. The number of nitrogens with one attached hydrogen (secondary N) is 1. The summed E-state index contributed by atoms with van der Waals surface area (Å²) in [5.74, 6) is -1.67. The van der Waals surface area contributed by atoms with Gasteiger partial charge in [0.15, 0.2) is 0 Å². The molecule has 0 atom stereocenters. The molecule has 1 aliphatic carbocycles. The molecule has 0 radical (unpaired) electrons. The molecule has 1 aromatic carbocycles. The number of nitro groups is 1. The Kier molecular flexibility index (Phi) is 3.69. The number of non-ortho nitro benzene ring substituents is 1. The van der Waals surface area contributed by atoms with E-state index in [0.29, 0.717) is 18.4 Å². The van der Waals surface area contributed by atoms with Crippen molar-refractivity contribution in [2.75, 3.05) is 0 Å². The highest BCUT2D eigenvalue weighted by atomic mass is 16.6. The minimum atomic E-state index is -0.859. The van der Waals surface area contributed by atoms with E-state index in [4.69, 9.17) is 5.11 Å². The molecule has 20 heavy (non-hydrogen) atoms. The molecule has 7 nitrogen and oxygen atoms in total. The number of hydrogen-bond donors (Lipinski definition) is 2. The second-order valence-corrected chi connectivity index (χ2v) is 4.93. The van der Waals surface area contributed by atoms with Gasteiger partial charge in [-0.05, 0) is 25.3 Å². The molecule has 0 unspecified atom stereocenters. The van der Waals surface area contributed by atoms with Crippen molar-refractivity contribution in [2.24, 2.45) is 5.92 Å². The molecule has 2 N–H and O–H groups in total. The fourth-order valence-electron chi connectivity index (χ4n) is 2.17. The van der Waals surface area contributed by atoms with Crippen molar-refractivity contribution >= 4 is 17.6 Å². The highest BCUT2D eigenvalue weighted by Gasteiger charge is 2.35. The van der Waals surface area contributed by atoms with E-state index < -0.39 is 22.7 Å². The molecular formula is C13H14N2O5. The number of carbonyl (C=O) groups is 2. The maximum atomic E-state index is 12.0. The van der Waals surface area contributed by atoms with Gasteiger partial charge in [0.1, 0.15) is 0 Å². The summed E-state index contributed by atoms with van der Waals surface area (Å²) in [5.41, 5.74) is 0.748. The number of nitro benzene ring substituents is 1. The molecule has 1 fully saturated rings. The highest BCUT2D eigenvalue weighted by Crippen LogP contribution is 2.28. The standard InChI is InChI=1S/C13H14N2O5/c1-7-2-3-10(15(19)20)6-11(7)12(16)14-9-4-8(5-9)13(17)18/h2-3,6,8-9H,4-5H2,1H3,(H,14,16)(H,17,18). The van der Waals surface area contributed by atoms with Crippen molar-refractivity contribution in [1.82, 2.24) is 5.32 Å². The zero-order chi connectivity index (χ0) is 14.9. The number of nitrogens with zero attached hydrogens (tertiary/aromatic N) is 1. The lowest BCUT2D eigenvalue weighted by Gasteiger charge is -2.32. The normalized spacial score (nSPS) is 20.9. The van der Waals surface area contributed by atoms with Crippen LogP contribution in [0.15, 0.2) is 18.2 Å². The van der Waals surface area contributed by atoms with Gasteiger partial charge in [0, 0.05) is 23.7 Å². The van der Waals surface area contributed by atoms with Gasteiger partial charge in [0.05, 0.1) is 10.8 Å². The summed E-state index contributed by atoms with van der Waals surface area (Å²) in [6.07, 6.45) is 0.796. The number of rotatable bonds is 4. The van der Waals surface area contributed by atoms with E-state index in [1.54, 1.807) is 6.92 Å². The summed E-state index contributed by atoms with van der Waals surface area (Å²) in [7, 11) is 0. The van der Waals surface area contributed by atoms with E-state index in [1.165, 1.54) is 18.2 Å². The smallest absolute Gasteiger partial charge is 0.306 e. The largest absolute Gasteiger partial charge is 0.481 e. The highest BCUT2D eigenvalue weighted by molar-refractivity contribution is 5.96. The van der Waals surface area contributed by atoms with E-state index in [-0.39, 0.29) is 17.3 Å². The van der Waals surface area contributed by atoms with Crippen LogP contribution in [0.1, 0.15) is 28.8 Å². The Morgan fingerprint density at radius 2 is 2.05 bits per heavy atom. The van der Waals surface area contributed by atoms with Crippen LogP contribution in [-0.2, 0) is 4.79 Å². The monoisotopic (exact) mass is 278 g/mol. The third-order valence-corrected chi connectivity index (χ3v) is 3.50. The molecule has 1 aromatic rings. The molecule has 0 spiro atoms. The van der Waals surface area contributed by atoms with Gasteiger partial charge in [0.2, 0.25) is 0 Å². The lowest BCUT2D eigenvalue weighted by atomic mass is 9.80. The molecule has 1 amide bonds. The Labute approximate surface area is 114 Å². The Hall–Kier alpha value is -2.44. The summed E-state index contributed by atoms with van der Waals surface area (Å²) < 4.78 is 0. The summed E-state index contributed by atoms with van der Waals surface area (Å²) in [6.45, 7) is 1.69. The summed E-state index contributed by atoms with van der Waals surface area (Å²) in [4.78, 5) is 32.9. The van der Waals surface area contributed by atoms with Gasteiger partial charge in [-0.3, -0.25) is 19.7 Å². The summed E-state index contributed by atoms with van der Waals surface area (Å²) in [6, 6.07) is 3.92. The summed E-state index contributed by atoms with van der Waals surface area (Å²) >= 11 is 0. The number of amides is 1. The average Bonchev–Trinajstić information content (AvgIpc) is 2.32. The molecule has 0 bridgehead atoms. The second kappa shape index (κ2) is 5.28. The van der Waals surface area contributed by atoms with Crippen molar-refractivity contribution in [3.05, 3.63) is 39.4 Å².